The average molecular weight is 263 g/mol. The smallest absolute Gasteiger partial charge is 0.130 e. The molecule has 0 aliphatic heterocycles. The summed E-state index contributed by atoms with van der Waals surface area (Å²) in [7, 11) is 1.85. The summed E-state index contributed by atoms with van der Waals surface area (Å²) in [6, 6.07) is 6.14. The van der Waals surface area contributed by atoms with E-state index >= 15 is 0 Å². The first-order valence-corrected chi connectivity index (χ1v) is 6.14. The van der Waals surface area contributed by atoms with Gasteiger partial charge in [-0.2, -0.15) is 5.10 Å². The van der Waals surface area contributed by atoms with E-state index < -0.39 is 0 Å². The molecule has 5 heteroatoms. The third-order valence-corrected chi connectivity index (χ3v) is 2.94. The van der Waals surface area contributed by atoms with Gasteiger partial charge in [0.1, 0.15) is 18.2 Å². The van der Waals surface area contributed by atoms with Crippen molar-refractivity contribution >= 4 is 0 Å². The van der Waals surface area contributed by atoms with E-state index in [4.69, 9.17) is 10.5 Å². The van der Waals surface area contributed by atoms with Crippen molar-refractivity contribution in [3.63, 3.8) is 0 Å². The Balaban J connectivity index is 2.19. The lowest BCUT2D eigenvalue weighted by Crippen LogP contribution is -2.09. The van der Waals surface area contributed by atoms with Crippen LogP contribution in [-0.4, -0.2) is 9.78 Å². The Kier molecular flexibility index (Phi) is 3.85. The van der Waals surface area contributed by atoms with Crippen molar-refractivity contribution in [2.45, 2.75) is 26.5 Å². The first kappa shape index (κ1) is 13.5. The normalized spacial score (nSPS) is 12.5. The van der Waals surface area contributed by atoms with Gasteiger partial charge in [-0.25, -0.2) is 4.39 Å². The quantitative estimate of drug-likeness (QED) is 0.922. The SMILES string of the molecule is Cc1cc(COc2cc(F)ccc2[C@H](C)N)n(C)n1. The Morgan fingerprint density at radius 1 is 1.42 bits per heavy atom. The van der Waals surface area contributed by atoms with E-state index in [2.05, 4.69) is 5.10 Å². The number of aromatic nitrogens is 2. The van der Waals surface area contributed by atoms with Crippen molar-refractivity contribution in [2.24, 2.45) is 12.8 Å². The summed E-state index contributed by atoms with van der Waals surface area (Å²) in [5.41, 5.74) is 8.49. The number of nitrogens with two attached hydrogens (primary N) is 1. The fourth-order valence-electron chi connectivity index (χ4n) is 1.96. The first-order valence-electron chi connectivity index (χ1n) is 6.14. The Hall–Kier alpha value is -1.88. The molecule has 0 bridgehead atoms. The van der Waals surface area contributed by atoms with Crippen LogP contribution >= 0.6 is 0 Å². The average Bonchev–Trinajstić information content (AvgIpc) is 2.65. The van der Waals surface area contributed by atoms with Gasteiger partial charge >= 0.3 is 0 Å². The summed E-state index contributed by atoms with van der Waals surface area (Å²) in [6.45, 7) is 4.09. The molecule has 0 aliphatic rings. The maximum atomic E-state index is 13.3. The second kappa shape index (κ2) is 5.40. The van der Waals surface area contributed by atoms with Gasteiger partial charge in [0.15, 0.2) is 0 Å². The van der Waals surface area contributed by atoms with Crippen LogP contribution in [0.4, 0.5) is 4.39 Å². The van der Waals surface area contributed by atoms with Gasteiger partial charge in [-0.15, -0.1) is 0 Å². The van der Waals surface area contributed by atoms with E-state index in [0.29, 0.717) is 12.4 Å². The Morgan fingerprint density at radius 2 is 2.16 bits per heavy atom. The molecule has 2 aromatic rings. The molecule has 2 N–H and O–H groups in total. The monoisotopic (exact) mass is 263 g/mol. The fraction of sp³-hybridized carbons (Fsp3) is 0.357. The Morgan fingerprint density at radius 3 is 2.74 bits per heavy atom. The molecule has 19 heavy (non-hydrogen) atoms. The van der Waals surface area contributed by atoms with Gasteiger partial charge < -0.3 is 10.5 Å². The molecule has 4 nitrogen and oxygen atoms in total. The Labute approximate surface area is 112 Å². The van der Waals surface area contributed by atoms with Gasteiger partial charge in [0.05, 0.1) is 11.4 Å². The molecule has 0 amide bonds. The summed E-state index contributed by atoms with van der Waals surface area (Å²) in [5, 5.41) is 4.24. The molecule has 0 unspecified atom stereocenters. The fourth-order valence-corrected chi connectivity index (χ4v) is 1.96. The highest BCUT2D eigenvalue weighted by Gasteiger charge is 2.11. The summed E-state index contributed by atoms with van der Waals surface area (Å²) in [4.78, 5) is 0. The highest BCUT2D eigenvalue weighted by Crippen LogP contribution is 2.25. The van der Waals surface area contributed by atoms with Crippen LogP contribution in [0, 0.1) is 12.7 Å². The van der Waals surface area contributed by atoms with Gasteiger partial charge in [0, 0.05) is 24.7 Å². The van der Waals surface area contributed by atoms with Crippen LogP contribution in [0.2, 0.25) is 0 Å². The number of ether oxygens (including phenoxy) is 1. The molecule has 1 aromatic carbocycles. The van der Waals surface area contributed by atoms with Crippen LogP contribution in [0.1, 0.15) is 29.9 Å². The molecule has 0 spiro atoms. The molecule has 1 atom stereocenters. The van der Waals surface area contributed by atoms with Gasteiger partial charge in [0.2, 0.25) is 0 Å². The van der Waals surface area contributed by atoms with Gasteiger partial charge in [-0.3, -0.25) is 4.68 Å². The Bertz CT molecular complexity index is 578. The second-order valence-electron chi connectivity index (χ2n) is 4.66. The molecular formula is C14H18FN3O. The lowest BCUT2D eigenvalue weighted by atomic mass is 10.1. The van der Waals surface area contributed by atoms with E-state index in [1.807, 2.05) is 27.0 Å². The lowest BCUT2D eigenvalue weighted by molar-refractivity contribution is 0.289. The predicted molar refractivity (Wildman–Crippen MR) is 71.3 cm³/mol. The zero-order valence-electron chi connectivity index (χ0n) is 11.4. The molecular weight excluding hydrogens is 245 g/mol. The first-order chi connectivity index (χ1) is 8.97. The number of nitrogens with zero attached hydrogens (tertiary/aromatic N) is 2. The molecule has 0 radical (unpaired) electrons. The predicted octanol–water partition coefficient (Wildman–Crippen LogP) is 2.47. The van der Waals surface area contributed by atoms with E-state index in [9.17, 15) is 4.39 Å². The molecule has 102 valence electrons. The highest BCUT2D eigenvalue weighted by atomic mass is 19.1. The zero-order valence-corrected chi connectivity index (χ0v) is 11.4. The summed E-state index contributed by atoms with van der Waals surface area (Å²) < 4.78 is 20.7. The topological polar surface area (TPSA) is 53.1 Å². The van der Waals surface area contributed by atoms with E-state index in [0.717, 1.165) is 17.0 Å². The second-order valence-corrected chi connectivity index (χ2v) is 4.66. The summed E-state index contributed by atoms with van der Waals surface area (Å²) in [5.74, 6) is 0.148. The number of hydrogen-bond acceptors (Lipinski definition) is 3. The van der Waals surface area contributed by atoms with Gasteiger partial charge in [-0.05, 0) is 26.0 Å². The van der Waals surface area contributed by atoms with E-state index in [-0.39, 0.29) is 11.9 Å². The minimum absolute atomic E-state index is 0.205. The molecule has 2 rings (SSSR count). The summed E-state index contributed by atoms with van der Waals surface area (Å²) >= 11 is 0. The van der Waals surface area contributed by atoms with Crippen LogP contribution in [0.3, 0.4) is 0 Å². The van der Waals surface area contributed by atoms with Crippen LogP contribution in [0.15, 0.2) is 24.3 Å². The minimum atomic E-state index is -0.333. The van der Waals surface area contributed by atoms with Crippen LogP contribution < -0.4 is 10.5 Å². The van der Waals surface area contributed by atoms with Crippen LogP contribution in [0.5, 0.6) is 5.75 Å². The largest absolute Gasteiger partial charge is 0.487 e. The molecule has 1 heterocycles. The van der Waals surface area contributed by atoms with E-state index in [1.165, 1.54) is 12.1 Å². The maximum Gasteiger partial charge on any atom is 0.130 e. The molecule has 0 saturated heterocycles. The number of hydrogen-bond donors (Lipinski definition) is 1. The zero-order chi connectivity index (χ0) is 14.0. The van der Waals surface area contributed by atoms with Gasteiger partial charge in [0.25, 0.3) is 0 Å². The minimum Gasteiger partial charge on any atom is -0.487 e. The summed E-state index contributed by atoms with van der Waals surface area (Å²) in [6.07, 6.45) is 0. The van der Waals surface area contributed by atoms with Crippen molar-refractivity contribution in [3.05, 3.63) is 47.0 Å². The maximum absolute atomic E-state index is 13.3. The molecule has 0 aliphatic carbocycles. The van der Waals surface area contributed by atoms with Crippen LogP contribution in [0.25, 0.3) is 0 Å². The third kappa shape index (κ3) is 3.12. The van der Waals surface area contributed by atoms with Crippen molar-refractivity contribution in [2.75, 3.05) is 0 Å². The lowest BCUT2D eigenvalue weighted by Gasteiger charge is -2.14. The van der Waals surface area contributed by atoms with Gasteiger partial charge in [-0.1, -0.05) is 6.07 Å². The number of aryl methyl sites for hydroxylation is 2. The van der Waals surface area contributed by atoms with Crippen molar-refractivity contribution in [1.29, 1.82) is 0 Å². The van der Waals surface area contributed by atoms with Crippen molar-refractivity contribution < 1.29 is 9.13 Å². The molecule has 0 fully saturated rings. The highest BCUT2D eigenvalue weighted by molar-refractivity contribution is 5.36. The number of benzene rings is 1. The molecule has 1 aromatic heterocycles. The van der Waals surface area contributed by atoms with Crippen molar-refractivity contribution in [3.8, 4) is 5.75 Å². The standard InChI is InChI=1S/C14H18FN3O/c1-9-6-12(18(3)17-9)8-19-14-7-11(15)4-5-13(14)10(2)16/h4-7,10H,8,16H2,1-3H3/t10-/m0/s1. The third-order valence-electron chi connectivity index (χ3n) is 2.94. The number of halogens is 1. The number of rotatable bonds is 4. The van der Waals surface area contributed by atoms with E-state index in [1.54, 1.807) is 10.7 Å². The van der Waals surface area contributed by atoms with Crippen LogP contribution in [-0.2, 0) is 13.7 Å². The molecule has 0 saturated carbocycles. The van der Waals surface area contributed by atoms with Crippen molar-refractivity contribution in [1.82, 2.24) is 9.78 Å².